The maximum atomic E-state index is 13.1. The van der Waals surface area contributed by atoms with Gasteiger partial charge in [0, 0.05) is 26.3 Å². The summed E-state index contributed by atoms with van der Waals surface area (Å²) in [6, 6.07) is 12.3. The quantitative estimate of drug-likeness (QED) is 0.578. The number of carbonyl (C=O) groups excluding carboxylic acids is 2. The van der Waals surface area contributed by atoms with E-state index >= 15 is 0 Å². The number of amides is 2. The predicted molar refractivity (Wildman–Crippen MR) is 129 cm³/mol. The van der Waals surface area contributed by atoms with Crippen LogP contribution in [0.25, 0.3) is 0 Å². The summed E-state index contributed by atoms with van der Waals surface area (Å²) in [6.07, 6.45) is 3.41. The molecule has 2 aliphatic rings. The molecule has 0 spiro atoms. The lowest BCUT2D eigenvalue weighted by atomic mass is 9.81. The largest absolute Gasteiger partial charge is 0.495 e. The van der Waals surface area contributed by atoms with Crippen LogP contribution in [-0.4, -0.2) is 46.3 Å². The predicted octanol–water partition coefficient (Wildman–Crippen LogP) is 2.91. The summed E-state index contributed by atoms with van der Waals surface area (Å²) in [7, 11) is 1.38. The molecule has 2 atom stereocenters. The molecule has 1 N–H and O–H groups in total. The number of hydrogen-bond donors (Lipinski definition) is 1. The van der Waals surface area contributed by atoms with Crippen LogP contribution in [0.2, 0.25) is 0 Å². The van der Waals surface area contributed by atoms with Crippen LogP contribution in [0.1, 0.15) is 36.8 Å². The molecule has 1 saturated carbocycles. The first-order valence-electron chi connectivity index (χ1n) is 11.5. The van der Waals surface area contributed by atoms with E-state index in [1.54, 1.807) is 12.1 Å². The second kappa shape index (κ2) is 9.76. The molecule has 182 valence electrons. The zero-order valence-corrected chi connectivity index (χ0v) is 20.6. The van der Waals surface area contributed by atoms with Crippen LogP contribution in [0.3, 0.4) is 0 Å². The number of nitrogens with zero attached hydrogens (tertiary/aromatic N) is 2. The van der Waals surface area contributed by atoms with Crippen molar-refractivity contribution >= 4 is 27.5 Å². The van der Waals surface area contributed by atoms with Gasteiger partial charge in [0.25, 0.3) is 0 Å². The molecular formula is C25H31N3O5S. The summed E-state index contributed by atoms with van der Waals surface area (Å²) in [5.74, 6) is -0.554. The Morgan fingerprint density at radius 1 is 0.971 bits per heavy atom. The Kier molecular flexibility index (Phi) is 6.95. The average molecular weight is 486 g/mol. The molecule has 8 nitrogen and oxygen atoms in total. The SMILES string of the molecule is COc1ccc(CN2C(=O)[C@@H]3CCCC[C@H]3C2=O)cc1S(=O)(=O)NCc1ccc(N(C)C)cc1. The van der Waals surface area contributed by atoms with Gasteiger partial charge < -0.3 is 9.64 Å². The Morgan fingerprint density at radius 2 is 1.56 bits per heavy atom. The number of nitrogens with one attached hydrogen (secondary N) is 1. The zero-order valence-electron chi connectivity index (χ0n) is 19.8. The number of likely N-dealkylation sites (tertiary alicyclic amines) is 1. The third-order valence-electron chi connectivity index (χ3n) is 6.71. The van der Waals surface area contributed by atoms with Crippen molar-refractivity contribution in [1.82, 2.24) is 9.62 Å². The van der Waals surface area contributed by atoms with E-state index < -0.39 is 10.0 Å². The minimum atomic E-state index is -3.91. The highest BCUT2D eigenvalue weighted by molar-refractivity contribution is 7.89. The molecule has 1 aliphatic heterocycles. The highest BCUT2D eigenvalue weighted by Crippen LogP contribution is 2.39. The molecular weight excluding hydrogens is 454 g/mol. The van der Waals surface area contributed by atoms with Gasteiger partial charge in [-0.25, -0.2) is 13.1 Å². The van der Waals surface area contributed by atoms with Gasteiger partial charge >= 0.3 is 0 Å². The number of ether oxygens (including phenoxy) is 1. The highest BCUT2D eigenvalue weighted by atomic mass is 32.2. The van der Waals surface area contributed by atoms with Crippen LogP contribution in [-0.2, 0) is 32.7 Å². The summed E-state index contributed by atoms with van der Waals surface area (Å²) >= 11 is 0. The number of anilines is 1. The summed E-state index contributed by atoms with van der Waals surface area (Å²) in [4.78, 5) is 28.9. The van der Waals surface area contributed by atoms with E-state index in [2.05, 4.69) is 4.72 Å². The van der Waals surface area contributed by atoms with Crippen molar-refractivity contribution in [2.45, 2.75) is 43.7 Å². The first kappa shape index (κ1) is 24.2. The maximum absolute atomic E-state index is 13.1. The lowest BCUT2D eigenvalue weighted by molar-refractivity contribution is -0.140. The molecule has 9 heteroatoms. The molecule has 0 unspecified atom stereocenters. The van der Waals surface area contributed by atoms with Crippen molar-refractivity contribution in [3.63, 3.8) is 0 Å². The van der Waals surface area contributed by atoms with Crippen molar-refractivity contribution in [1.29, 1.82) is 0 Å². The number of fused-ring (bicyclic) bond motifs is 1. The lowest BCUT2D eigenvalue weighted by Gasteiger charge is -2.19. The van der Waals surface area contributed by atoms with Crippen LogP contribution in [0, 0.1) is 11.8 Å². The Balaban J connectivity index is 1.52. The number of rotatable bonds is 8. The van der Waals surface area contributed by atoms with E-state index in [4.69, 9.17) is 4.74 Å². The van der Waals surface area contributed by atoms with Gasteiger partial charge in [0.15, 0.2) is 0 Å². The van der Waals surface area contributed by atoms with Crippen LogP contribution < -0.4 is 14.4 Å². The molecule has 2 aromatic carbocycles. The number of carbonyl (C=O) groups is 2. The average Bonchev–Trinajstić information content (AvgIpc) is 3.08. The third-order valence-corrected chi connectivity index (χ3v) is 8.13. The molecule has 4 rings (SSSR count). The molecule has 0 bridgehead atoms. The molecule has 0 aromatic heterocycles. The number of benzene rings is 2. The van der Waals surface area contributed by atoms with Crippen molar-refractivity contribution in [3.05, 3.63) is 53.6 Å². The lowest BCUT2D eigenvalue weighted by Crippen LogP contribution is -2.30. The number of imide groups is 1. The second-order valence-corrected chi connectivity index (χ2v) is 10.9. The van der Waals surface area contributed by atoms with E-state index in [1.807, 2.05) is 43.3 Å². The molecule has 1 aliphatic carbocycles. The summed E-state index contributed by atoms with van der Waals surface area (Å²) < 4.78 is 34.2. The highest BCUT2D eigenvalue weighted by Gasteiger charge is 2.47. The van der Waals surface area contributed by atoms with Gasteiger partial charge in [0.2, 0.25) is 21.8 Å². The number of sulfonamides is 1. The summed E-state index contributed by atoms with van der Waals surface area (Å²) in [5, 5.41) is 0. The second-order valence-electron chi connectivity index (χ2n) is 9.13. The van der Waals surface area contributed by atoms with Crippen LogP contribution in [0.4, 0.5) is 5.69 Å². The van der Waals surface area contributed by atoms with Gasteiger partial charge in [-0.3, -0.25) is 14.5 Å². The van der Waals surface area contributed by atoms with Crippen molar-refractivity contribution in [2.24, 2.45) is 11.8 Å². The van der Waals surface area contributed by atoms with E-state index in [0.29, 0.717) is 5.56 Å². The van der Waals surface area contributed by atoms with Gasteiger partial charge in [-0.15, -0.1) is 0 Å². The fourth-order valence-electron chi connectivity index (χ4n) is 4.77. The standard InChI is InChI=1S/C25H31N3O5S/c1-27(2)19-11-8-17(9-12-19)15-26-34(31,32)23-14-18(10-13-22(23)33-3)16-28-24(29)20-6-4-5-7-21(20)25(28)30/h8-14,20-21,26H,4-7,15-16H2,1-3H3/t20-,21-/m1/s1. The van der Waals surface area contributed by atoms with Gasteiger partial charge in [-0.1, -0.05) is 31.0 Å². The monoisotopic (exact) mass is 485 g/mol. The van der Waals surface area contributed by atoms with Crippen molar-refractivity contribution in [2.75, 3.05) is 26.1 Å². The van der Waals surface area contributed by atoms with E-state index in [-0.39, 0.29) is 47.4 Å². The van der Waals surface area contributed by atoms with Crippen LogP contribution in [0.5, 0.6) is 5.75 Å². The van der Waals surface area contributed by atoms with E-state index in [1.165, 1.54) is 18.1 Å². The van der Waals surface area contributed by atoms with Crippen molar-refractivity contribution in [3.8, 4) is 5.75 Å². The minimum absolute atomic E-state index is 0.0195. The summed E-state index contributed by atoms with van der Waals surface area (Å²) in [5.41, 5.74) is 2.41. The van der Waals surface area contributed by atoms with Crippen molar-refractivity contribution < 1.29 is 22.7 Å². The van der Waals surface area contributed by atoms with E-state index in [0.717, 1.165) is 36.9 Å². The number of methoxy groups -OCH3 is 1. The minimum Gasteiger partial charge on any atom is -0.495 e. The Labute approximate surface area is 200 Å². The molecule has 2 amide bonds. The Bertz CT molecular complexity index is 1150. The van der Waals surface area contributed by atoms with E-state index in [9.17, 15) is 18.0 Å². The smallest absolute Gasteiger partial charge is 0.244 e. The Morgan fingerprint density at radius 3 is 2.12 bits per heavy atom. The first-order chi connectivity index (χ1) is 16.2. The fraction of sp³-hybridized carbons (Fsp3) is 0.440. The molecule has 2 fully saturated rings. The fourth-order valence-corrected chi connectivity index (χ4v) is 6.00. The van der Waals surface area contributed by atoms with Crippen LogP contribution >= 0.6 is 0 Å². The Hall–Kier alpha value is -2.91. The molecule has 2 aromatic rings. The number of hydrogen-bond acceptors (Lipinski definition) is 6. The van der Waals surface area contributed by atoms with Gasteiger partial charge in [0.1, 0.15) is 10.6 Å². The zero-order chi connectivity index (χ0) is 24.5. The van der Waals surface area contributed by atoms with Gasteiger partial charge in [-0.2, -0.15) is 0 Å². The topological polar surface area (TPSA) is 96.0 Å². The van der Waals surface area contributed by atoms with Gasteiger partial charge in [0.05, 0.1) is 25.5 Å². The third kappa shape index (κ3) is 4.81. The molecule has 0 radical (unpaired) electrons. The molecule has 1 heterocycles. The molecule has 34 heavy (non-hydrogen) atoms. The van der Waals surface area contributed by atoms with Crippen LogP contribution in [0.15, 0.2) is 47.4 Å². The van der Waals surface area contributed by atoms with Gasteiger partial charge in [-0.05, 0) is 48.2 Å². The maximum Gasteiger partial charge on any atom is 0.244 e. The molecule has 1 saturated heterocycles. The first-order valence-corrected chi connectivity index (χ1v) is 13.0. The summed E-state index contributed by atoms with van der Waals surface area (Å²) in [6.45, 7) is 0.180. The normalized spacial score (nSPS) is 20.4.